The lowest BCUT2D eigenvalue weighted by molar-refractivity contribution is 0.104. The summed E-state index contributed by atoms with van der Waals surface area (Å²) in [5.74, 6) is 0.913. The second-order valence-corrected chi connectivity index (χ2v) is 7.43. The maximum absolute atomic E-state index is 3.57. The van der Waals surface area contributed by atoms with Crippen molar-refractivity contribution in [2.75, 3.05) is 20.1 Å². The number of hydrogen-bond donors (Lipinski definition) is 1. The molecule has 2 rings (SSSR count). The van der Waals surface area contributed by atoms with Crippen molar-refractivity contribution in [1.29, 1.82) is 0 Å². The number of hydrogen-bond acceptors (Lipinski definition) is 2. The number of likely N-dealkylation sites (tertiary alicyclic amines) is 1. The Morgan fingerprint density at radius 1 is 1.11 bits per heavy atom. The Morgan fingerprint density at radius 3 is 2.61 bits per heavy atom. The van der Waals surface area contributed by atoms with Gasteiger partial charge >= 0.3 is 0 Å². The molecule has 3 atom stereocenters. The average molecular weight is 252 g/mol. The number of nitrogens with zero attached hydrogens (tertiary/aromatic N) is 1. The van der Waals surface area contributed by atoms with Crippen LogP contribution in [0, 0.1) is 11.3 Å². The first kappa shape index (κ1) is 14.3. The maximum atomic E-state index is 3.57. The molecule has 1 saturated heterocycles. The Hall–Kier alpha value is -0.0800. The molecular weight excluding hydrogens is 220 g/mol. The Balaban J connectivity index is 1.99. The van der Waals surface area contributed by atoms with Gasteiger partial charge in [-0.3, -0.25) is 4.90 Å². The van der Waals surface area contributed by atoms with E-state index < -0.39 is 0 Å². The summed E-state index contributed by atoms with van der Waals surface area (Å²) in [5, 5.41) is 3.57. The van der Waals surface area contributed by atoms with Crippen molar-refractivity contribution in [3.05, 3.63) is 0 Å². The van der Waals surface area contributed by atoms with Crippen LogP contribution >= 0.6 is 0 Å². The highest BCUT2D eigenvalue weighted by Gasteiger charge is 2.34. The molecule has 2 nitrogen and oxygen atoms in total. The molecule has 0 spiro atoms. The first-order valence-corrected chi connectivity index (χ1v) is 7.93. The molecule has 0 radical (unpaired) electrons. The fraction of sp³-hybridized carbons (Fsp3) is 1.00. The zero-order valence-corrected chi connectivity index (χ0v) is 12.8. The number of likely N-dealkylation sites (N-methyl/N-ethyl adjacent to an activating group) is 1. The van der Waals surface area contributed by atoms with E-state index in [9.17, 15) is 0 Å². The van der Waals surface area contributed by atoms with Gasteiger partial charge in [0.2, 0.25) is 0 Å². The molecule has 2 aliphatic rings. The molecular formula is C16H32N2. The Bertz CT molecular complexity index is 262. The summed E-state index contributed by atoms with van der Waals surface area (Å²) < 4.78 is 0. The Kier molecular flexibility index (Phi) is 4.71. The molecule has 1 N–H and O–H groups in total. The smallest absolute Gasteiger partial charge is 0.0251 e. The van der Waals surface area contributed by atoms with E-state index in [1.54, 1.807) is 0 Å². The van der Waals surface area contributed by atoms with E-state index in [1.165, 1.54) is 51.6 Å². The normalized spacial score (nSPS) is 38.3. The highest BCUT2D eigenvalue weighted by Crippen LogP contribution is 2.34. The van der Waals surface area contributed by atoms with Gasteiger partial charge in [-0.1, -0.05) is 20.8 Å². The van der Waals surface area contributed by atoms with Crippen LogP contribution < -0.4 is 5.32 Å². The van der Waals surface area contributed by atoms with E-state index in [1.807, 2.05) is 0 Å². The molecule has 1 heterocycles. The second-order valence-electron chi connectivity index (χ2n) is 7.43. The highest BCUT2D eigenvalue weighted by atomic mass is 15.2. The first-order chi connectivity index (χ1) is 8.52. The van der Waals surface area contributed by atoms with Crippen LogP contribution in [0.3, 0.4) is 0 Å². The van der Waals surface area contributed by atoms with E-state index in [4.69, 9.17) is 0 Å². The lowest BCUT2D eigenvalue weighted by atomic mass is 9.82. The summed E-state index contributed by atoms with van der Waals surface area (Å²) in [7, 11) is 2.15. The summed E-state index contributed by atoms with van der Waals surface area (Å²) in [5.41, 5.74) is 0.560. The zero-order valence-electron chi connectivity index (χ0n) is 12.8. The molecule has 1 saturated carbocycles. The molecule has 0 aromatic heterocycles. The minimum atomic E-state index is 0.560. The Labute approximate surface area is 114 Å². The number of nitrogens with one attached hydrogen (secondary N) is 1. The van der Waals surface area contributed by atoms with Crippen molar-refractivity contribution < 1.29 is 0 Å². The topological polar surface area (TPSA) is 15.3 Å². The van der Waals surface area contributed by atoms with Gasteiger partial charge in [-0.2, -0.15) is 0 Å². The van der Waals surface area contributed by atoms with Gasteiger partial charge in [0.05, 0.1) is 0 Å². The third-order valence-corrected chi connectivity index (χ3v) is 5.29. The van der Waals surface area contributed by atoms with Gasteiger partial charge in [0, 0.05) is 12.1 Å². The molecule has 2 fully saturated rings. The van der Waals surface area contributed by atoms with Crippen molar-refractivity contribution in [2.24, 2.45) is 11.3 Å². The summed E-state index contributed by atoms with van der Waals surface area (Å²) in [4.78, 5) is 2.80. The molecule has 0 aromatic carbocycles. The van der Waals surface area contributed by atoms with Gasteiger partial charge in [-0.05, 0) is 70.0 Å². The lowest BCUT2D eigenvalue weighted by Gasteiger charge is -2.42. The maximum Gasteiger partial charge on any atom is 0.0251 e. The van der Waals surface area contributed by atoms with Gasteiger partial charge in [0.15, 0.2) is 0 Å². The quantitative estimate of drug-likeness (QED) is 0.811. The largest absolute Gasteiger partial charge is 0.315 e. The van der Waals surface area contributed by atoms with Crippen LogP contribution in [0.2, 0.25) is 0 Å². The monoisotopic (exact) mass is 252 g/mol. The Morgan fingerprint density at radius 2 is 1.89 bits per heavy atom. The van der Waals surface area contributed by atoms with Crippen LogP contribution in [0.1, 0.15) is 59.3 Å². The predicted octanol–water partition coefficient (Wildman–Crippen LogP) is 3.28. The summed E-state index contributed by atoms with van der Waals surface area (Å²) in [6.45, 7) is 9.94. The van der Waals surface area contributed by atoms with Gasteiger partial charge in [0.1, 0.15) is 0 Å². The van der Waals surface area contributed by atoms with Gasteiger partial charge in [-0.25, -0.2) is 0 Å². The van der Waals surface area contributed by atoms with Crippen molar-refractivity contribution in [3.8, 4) is 0 Å². The molecule has 2 heteroatoms. The minimum absolute atomic E-state index is 0.560. The molecule has 1 aliphatic heterocycles. The first-order valence-electron chi connectivity index (χ1n) is 7.93. The summed E-state index contributed by atoms with van der Waals surface area (Å²) >= 11 is 0. The van der Waals surface area contributed by atoms with Crippen LogP contribution in [-0.4, -0.2) is 37.1 Å². The van der Waals surface area contributed by atoms with E-state index in [0.29, 0.717) is 5.41 Å². The fourth-order valence-corrected chi connectivity index (χ4v) is 3.87. The highest BCUT2D eigenvalue weighted by molar-refractivity contribution is 4.91. The van der Waals surface area contributed by atoms with Crippen LogP contribution in [-0.2, 0) is 0 Å². The summed E-state index contributed by atoms with van der Waals surface area (Å²) in [6, 6.07) is 1.51. The van der Waals surface area contributed by atoms with Crippen molar-refractivity contribution in [2.45, 2.75) is 71.4 Å². The molecule has 0 aromatic rings. The SMILES string of the molecule is CNC1CCC(C)CC1N1CCCC(C)(C)CC1. The predicted molar refractivity (Wildman–Crippen MR) is 78.9 cm³/mol. The van der Waals surface area contributed by atoms with Gasteiger partial charge < -0.3 is 5.32 Å². The molecule has 18 heavy (non-hydrogen) atoms. The average Bonchev–Trinajstić information content (AvgIpc) is 2.50. The van der Waals surface area contributed by atoms with Gasteiger partial charge in [0.25, 0.3) is 0 Å². The van der Waals surface area contributed by atoms with Crippen molar-refractivity contribution >= 4 is 0 Å². The van der Waals surface area contributed by atoms with E-state index >= 15 is 0 Å². The van der Waals surface area contributed by atoms with Gasteiger partial charge in [-0.15, -0.1) is 0 Å². The molecule has 0 bridgehead atoms. The van der Waals surface area contributed by atoms with E-state index in [-0.39, 0.29) is 0 Å². The minimum Gasteiger partial charge on any atom is -0.315 e. The van der Waals surface area contributed by atoms with Crippen LogP contribution in [0.4, 0.5) is 0 Å². The van der Waals surface area contributed by atoms with E-state index in [2.05, 4.69) is 38.0 Å². The molecule has 0 amide bonds. The fourth-order valence-electron chi connectivity index (χ4n) is 3.87. The van der Waals surface area contributed by atoms with Crippen molar-refractivity contribution in [1.82, 2.24) is 10.2 Å². The summed E-state index contributed by atoms with van der Waals surface area (Å²) in [6.07, 6.45) is 8.31. The molecule has 1 aliphatic carbocycles. The van der Waals surface area contributed by atoms with Crippen LogP contribution in [0.25, 0.3) is 0 Å². The third kappa shape index (κ3) is 3.48. The zero-order chi connectivity index (χ0) is 13.2. The van der Waals surface area contributed by atoms with Crippen molar-refractivity contribution in [3.63, 3.8) is 0 Å². The second kappa shape index (κ2) is 5.92. The number of rotatable bonds is 2. The molecule has 106 valence electrons. The lowest BCUT2D eigenvalue weighted by Crippen LogP contribution is -2.52. The van der Waals surface area contributed by atoms with Crippen LogP contribution in [0.5, 0.6) is 0 Å². The third-order valence-electron chi connectivity index (χ3n) is 5.29. The standard InChI is InChI=1S/C16H32N2/c1-13-6-7-14(17-4)15(12-13)18-10-5-8-16(2,3)9-11-18/h13-15,17H,5-12H2,1-4H3. The van der Waals surface area contributed by atoms with Crippen LogP contribution in [0.15, 0.2) is 0 Å². The van der Waals surface area contributed by atoms with E-state index in [0.717, 1.165) is 18.0 Å². The molecule has 3 unspecified atom stereocenters.